The van der Waals surface area contributed by atoms with Crippen molar-refractivity contribution < 1.29 is 13.2 Å². The molecule has 0 saturated heterocycles. The zero-order chi connectivity index (χ0) is 13.8. The molecular formula is C10H17F3N4S. The molecule has 0 aromatic carbocycles. The van der Waals surface area contributed by atoms with E-state index in [4.69, 9.17) is 5.73 Å². The zero-order valence-electron chi connectivity index (χ0n) is 10.3. The number of nitrogens with two attached hydrogens (primary N) is 1. The average Bonchev–Trinajstić information content (AvgIpc) is 2.72. The number of aromatic nitrogens is 2. The molecule has 1 heterocycles. The van der Waals surface area contributed by atoms with E-state index in [0.717, 1.165) is 12.8 Å². The highest BCUT2D eigenvalue weighted by Crippen LogP contribution is 2.33. The van der Waals surface area contributed by atoms with Crippen LogP contribution in [0.2, 0.25) is 0 Å². The lowest BCUT2D eigenvalue weighted by Gasteiger charge is -2.24. The molecule has 0 aliphatic heterocycles. The normalized spacial score (nSPS) is 12.8. The predicted molar refractivity (Wildman–Crippen MR) is 65.5 cm³/mol. The van der Waals surface area contributed by atoms with E-state index in [9.17, 15) is 13.2 Å². The fourth-order valence-corrected chi connectivity index (χ4v) is 2.00. The van der Waals surface area contributed by atoms with Gasteiger partial charge in [-0.15, -0.1) is 10.2 Å². The Kier molecular flexibility index (Phi) is 4.92. The minimum absolute atomic E-state index is 0.0383. The molecule has 0 aliphatic rings. The topological polar surface area (TPSA) is 63.8 Å². The van der Waals surface area contributed by atoms with Gasteiger partial charge in [0.1, 0.15) is 0 Å². The summed E-state index contributed by atoms with van der Waals surface area (Å²) in [5.41, 5.74) is 5.39. The first kappa shape index (κ1) is 15.2. The molecule has 8 heteroatoms. The van der Waals surface area contributed by atoms with Gasteiger partial charge in [0.25, 0.3) is 0 Å². The molecule has 0 saturated carbocycles. The number of nitrogens with one attached hydrogen (secondary N) is 1. The van der Waals surface area contributed by atoms with Crippen molar-refractivity contribution in [2.45, 2.75) is 32.9 Å². The highest BCUT2D eigenvalue weighted by atomic mass is 32.1. The molecule has 0 atom stereocenters. The minimum atomic E-state index is -4.42. The van der Waals surface area contributed by atoms with Gasteiger partial charge < -0.3 is 11.1 Å². The predicted octanol–water partition coefficient (Wildman–Crippen LogP) is 2.73. The fourth-order valence-electron chi connectivity index (χ4n) is 1.39. The maximum absolute atomic E-state index is 12.3. The lowest BCUT2D eigenvalue weighted by atomic mass is 9.88. The van der Waals surface area contributed by atoms with Crippen molar-refractivity contribution >= 4 is 16.5 Å². The van der Waals surface area contributed by atoms with Crippen molar-refractivity contribution in [3.05, 3.63) is 5.01 Å². The number of rotatable bonds is 6. The van der Waals surface area contributed by atoms with Crippen LogP contribution in [0.1, 0.15) is 31.7 Å². The number of hydrogen-bond acceptors (Lipinski definition) is 5. The summed E-state index contributed by atoms with van der Waals surface area (Å²) in [7, 11) is 0. The summed E-state index contributed by atoms with van der Waals surface area (Å²) in [5.74, 6) is 0. The monoisotopic (exact) mass is 282 g/mol. The van der Waals surface area contributed by atoms with Crippen molar-refractivity contribution in [3.8, 4) is 0 Å². The van der Waals surface area contributed by atoms with E-state index in [2.05, 4.69) is 15.5 Å². The molecular weight excluding hydrogens is 265 g/mol. The summed E-state index contributed by atoms with van der Waals surface area (Å²) in [4.78, 5) is 0. The van der Waals surface area contributed by atoms with Crippen LogP contribution in [0.4, 0.5) is 18.3 Å². The van der Waals surface area contributed by atoms with Crippen molar-refractivity contribution in [3.63, 3.8) is 0 Å². The molecule has 0 unspecified atom stereocenters. The average molecular weight is 282 g/mol. The van der Waals surface area contributed by atoms with Crippen LogP contribution in [-0.2, 0) is 6.18 Å². The number of halogens is 3. The van der Waals surface area contributed by atoms with Gasteiger partial charge in [-0.3, -0.25) is 0 Å². The van der Waals surface area contributed by atoms with Crippen molar-refractivity contribution in [2.24, 2.45) is 11.1 Å². The van der Waals surface area contributed by atoms with Gasteiger partial charge in [-0.05, 0) is 24.8 Å². The Hall–Kier alpha value is -0.890. The Morgan fingerprint density at radius 3 is 2.44 bits per heavy atom. The van der Waals surface area contributed by atoms with E-state index < -0.39 is 11.2 Å². The summed E-state index contributed by atoms with van der Waals surface area (Å²) in [6.45, 7) is 5.21. The van der Waals surface area contributed by atoms with E-state index in [1.807, 2.05) is 13.8 Å². The van der Waals surface area contributed by atoms with Crippen molar-refractivity contribution in [2.75, 3.05) is 18.4 Å². The zero-order valence-corrected chi connectivity index (χ0v) is 11.2. The van der Waals surface area contributed by atoms with Crippen molar-refractivity contribution in [1.82, 2.24) is 10.2 Å². The van der Waals surface area contributed by atoms with E-state index in [1.54, 1.807) is 0 Å². The molecule has 18 heavy (non-hydrogen) atoms. The van der Waals surface area contributed by atoms with Gasteiger partial charge in [0.15, 0.2) is 0 Å². The van der Waals surface area contributed by atoms with Gasteiger partial charge in [-0.1, -0.05) is 25.2 Å². The van der Waals surface area contributed by atoms with E-state index in [0.29, 0.717) is 24.4 Å². The van der Waals surface area contributed by atoms with Crippen LogP contribution in [0.3, 0.4) is 0 Å². The third-order valence-electron chi connectivity index (χ3n) is 2.44. The first-order chi connectivity index (χ1) is 8.24. The Labute approximate surface area is 108 Å². The molecule has 0 aliphatic carbocycles. The lowest BCUT2D eigenvalue weighted by molar-refractivity contribution is -0.138. The van der Waals surface area contributed by atoms with Gasteiger partial charge in [-0.2, -0.15) is 13.2 Å². The second kappa shape index (κ2) is 5.83. The number of hydrogen-bond donors (Lipinski definition) is 2. The summed E-state index contributed by atoms with van der Waals surface area (Å²) in [6, 6.07) is 0. The second-order valence-electron chi connectivity index (χ2n) is 4.82. The SMILES string of the molecule is CC(C)(CCCN)CNc1nnc(C(F)(F)F)s1. The van der Waals surface area contributed by atoms with Gasteiger partial charge in [0.05, 0.1) is 0 Å². The third-order valence-corrected chi connectivity index (χ3v) is 3.37. The Morgan fingerprint density at radius 2 is 1.94 bits per heavy atom. The summed E-state index contributed by atoms with van der Waals surface area (Å²) >= 11 is 0.521. The molecule has 1 aromatic heterocycles. The quantitative estimate of drug-likeness (QED) is 0.842. The highest BCUT2D eigenvalue weighted by molar-refractivity contribution is 7.15. The fraction of sp³-hybridized carbons (Fsp3) is 0.800. The third kappa shape index (κ3) is 4.77. The van der Waals surface area contributed by atoms with E-state index in [-0.39, 0.29) is 10.5 Å². The maximum Gasteiger partial charge on any atom is 0.445 e. The molecule has 0 fully saturated rings. The Balaban J connectivity index is 2.51. The van der Waals surface area contributed by atoms with Crippen LogP contribution < -0.4 is 11.1 Å². The van der Waals surface area contributed by atoms with Crippen LogP contribution >= 0.6 is 11.3 Å². The van der Waals surface area contributed by atoms with Gasteiger partial charge in [0.2, 0.25) is 10.1 Å². The number of nitrogens with zero attached hydrogens (tertiary/aromatic N) is 2. The second-order valence-corrected chi connectivity index (χ2v) is 5.80. The minimum Gasteiger partial charge on any atom is -0.360 e. The number of anilines is 1. The standard InChI is InChI=1S/C10H17F3N4S/c1-9(2,4-3-5-14)6-15-8-17-16-7(18-8)10(11,12)13/h3-6,14H2,1-2H3,(H,15,17). The molecule has 4 nitrogen and oxygen atoms in total. The molecule has 104 valence electrons. The molecule has 1 aromatic rings. The molecule has 3 N–H and O–H groups in total. The first-order valence-corrected chi connectivity index (χ1v) is 6.41. The highest BCUT2D eigenvalue weighted by Gasteiger charge is 2.35. The summed E-state index contributed by atoms with van der Waals surface area (Å²) in [6.07, 6.45) is -2.63. The van der Waals surface area contributed by atoms with Gasteiger partial charge >= 0.3 is 6.18 Å². The van der Waals surface area contributed by atoms with Crippen LogP contribution in [-0.4, -0.2) is 23.3 Å². The van der Waals surface area contributed by atoms with E-state index >= 15 is 0 Å². The molecule has 0 amide bonds. The van der Waals surface area contributed by atoms with Crippen LogP contribution in [0.15, 0.2) is 0 Å². The number of alkyl halides is 3. The molecule has 0 radical (unpaired) electrons. The molecule has 0 spiro atoms. The van der Waals surface area contributed by atoms with Crippen molar-refractivity contribution in [1.29, 1.82) is 0 Å². The van der Waals surface area contributed by atoms with Crippen LogP contribution in [0, 0.1) is 5.41 Å². The summed E-state index contributed by atoms with van der Waals surface area (Å²) in [5, 5.41) is 8.75. The van der Waals surface area contributed by atoms with Crippen LogP contribution in [0.25, 0.3) is 0 Å². The maximum atomic E-state index is 12.3. The smallest absolute Gasteiger partial charge is 0.360 e. The van der Waals surface area contributed by atoms with E-state index in [1.165, 1.54) is 0 Å². The lowest BCUT2D eigenvalue weighted by Crippen LogP contribution is -2.24. The first-order valence-electron chi connectivity index (χ1n) is 5.59. The molecule has 1 rings (SSSR count). The Bertz CT molecular complexity index is 375. The van der Waals surface area contributed by atoms with Crippen LogP contribution in [0.5, 0.6) is 0 Å². The molecule has 0 bridgehead atoms. The van der Waals surface area contributed by atoms with Gasteiger partial charge in [-0.25, -0.2) is 0 Å². The Morgan fingerprint density at radius 1 is 1.28 bits per heavy atom. The summed E-state index contributed by atoms with van der Waals surface area (Å²) < 4.78 is 36.9. The van der Waals surface area contributed by atoms with Gasteiger partial charge in [0, 0.05) is 6.54 Å². The largest absolute Gasteiger partial charge is 0.445 e.